The molecule has 0 heterocycles. The average Bonchev–Trinajstić information content (AvgIpc) is 2.74. The van der Waals surface area contributed by atoms with Gasteiger partial charge in [-0.3, -0.25) is 0 Å². The highest BCUT2D eigenvalue weighted by Crippen LogP contribution is 2.22. The number of aliphatic imine (C=N–C) groups is 1. The highest BCUT2D eigenvalue weighted by atomic mass is 32.2. The fourth-order valence-electron chi connectivity index (χ4n) is 2.69. The maximum atomic E-state index is 5.52. The van der Waals surface area contributed by atoms with Gasteiger partial charge in [-0.1, -0.05) is 78.5 Å². The third-order valence-corrected chi connectivity index (χ3v) is 5.29. The minimum absolute atomic E-state index is 0.455. The first-order valence-corrected chi connectivity index (χ1v) is 10.6. The number of thioether (sulfide) groups is 1. The Balaban J connectivity index is 1.83. The van der Waals surface area contributed by atoms with Gasteiger partial charge in [0.1, 0.15) is 0 Å². The summed E-state index contributed by atoms with van der Waals surface area (Å²) in [6.07, 6.45) is 0. The Bertz CT molecular complexity index is 897. The second kappa shape index (κ2) is 10.6. The van der Waals surface area contributed by atoms with Gasteiger partial charge in [0.05, 0.1) is 0 Å². The smallest absolute Gasteiger partial charge is 0.199 e. The second-order valence-corrected chi connectivity index (χ2v) is 7.37. The largest absolute Gasteiger partial charge is 0.331 e. The van der Waals surface area contributed by atoms with Gasteiger partial charge in [-0.25, -0.2) is 0 Å². The monoisotopic (exact) mass is 405 g/mol. The van der Waals surface area contributed by atoms with Gasteiger partial charge in [-0.2, -0.15) is 4.99 Å². The summed E-state index contributed by atoms with van der Waals surface area (Å²) in [5.41, 5.74) is 3.30. The molecule has 5 heteroatoms. The summed E-state index contributed by atoms with van der Waals surface area (Å²) in [4.78, 5) is 6.95. The minimum atomic E-state index is 0.455. The summed E-state index contributed by atoms with van der Waals surface area (Å²) in [5.74, 6) is 0.830. The molecule has 0 radical (unpaired) electrons. The van der Waals surface area contributed by atoms with Gasteiger partial charge in [-0.15, -0.1) is 0 Å². The van der Waals surface area contributed by atoms with Crippen molar-refractivity contribution in [3.63, 3.8) is 0 Å². The van der Waals surface area contributed by atoms with Crippen LogP contribution in [-0.2, 0) is 5.75 Å². The summed E-state index contributed by atoms with van der Waals surface area (Å²) in [7, 11) is 0. The normalized spacial score (nSPS) is 11.1. The van der Waals surface area contributed by atoms with Crippen LogP contribution in [0.4, 0.5) is 11.4 Å². The number of amidine groups is 1. The van der Waals surface area contributed by atoms with Crippen LogP contribution in [0.25, 0.3) is 0 Å². The zero-order chi connectivity index (χ0) is 19.6. The maximum Gasteiger partial charge on any atom is 0.199 e. The van der Waals surface area contributed by atoms with E-state index in [4.69, 9.17) is 17.2 Å². The van der Waals surface area contributed by atoms with Crippen LogP contribution in [0.15, 0.2) is 96.0 Å². The number of nitrogens with zero attached hydrogens (tertiary/aromatic N) is 2. The van der Waals surface area contributed by atoms with Crippen molar-refractivity contribution in [1.29, 1.82) is 0 Å². The Hall–Kier alpha value is -2.63. The molecule has 3 nitrogen and oxygen atoms in total. The van der Waals surface area contributed by atoms with Crippen molar-refractivity contribution in [3.8, 4) is 0 Å². The fraction of sp³-hybridized carbons (Fsp3) is 0.130. The quantitative estimate of drug-likeness (QED) is 0.311. The molecule has 0 unspecified atom stereocenters. The summed E-state index contributed by atoms with van der Waals surface area (Å²) in [6.45, 7) is 2.93. The molecule has 1 N–H and O–H groups in total. The number of para-hydroxylation sites is 2. The van der Waals surface area contributed by atoms with Crippen LogP contribution >= 0.6 is 24.0 Å². The van der Waals surface area contributed by atoms with E-state index in [2.05, 4.69) is 53.5 Å². The van der Waals surface area contributed by atoms with E-state index < -0.39 is 0 Å². The Labute approximate surface area is 176 Å². The van der Waals surface area contributed by atoms with Gasteiger partial charge in [0.25, 0.3) is 0 Å². The molecule has 0 aromatic heterocycles. The van der Waals surface area contributed by atoms with Crippen LogP contribution in [0, 0.1) is 0 Å². The Morgan fingerprint density at radius 3 is 2.07 bits per heavy atom. The lowest BCUT2D eigenvalue weighted by molar-refractivity contribution is 1.07. The number of benzene rings is 3. The molecule has 28 heavy (non-hydrogen) atoms. The van der Waals surface area contributed by atoms with Crippen LogP contribution in [0.5, 0.6) is 0 Å². The number of hydrogen-bond donors (Lipinski definition) is 1. The highest BCUT2D eigenvalue weighted by molar-refractivity contribution is 8.13. The molecule has 0 saturated heterocycles. The molecule has 0 aliphatic rings. The van der Waals surface area contributed by atoms with Crippen molar-refractivity contribution in [2.75, 3.05) is 16.8 Å². The van der Waals surface area contributed by atoms with E-state index in [9.17, 15) is 0 Å². The first kappa shape index (κ1) is 20.1. The molecule has 0 aliphatic heterocycles. The number of thiocarbonyl (C=S) groups is 1. The summed E-state index contributed by atoms with van der Waals surface area (Å²) >= 11 is 7.21. The zero-order valence-electron chi connectivity index (χ0n) is 15.8. The lowest BCUT2D eigenvalue weighted by Gasteiger charge is -2.24. The third kappa shape index (κ3) is 5.94. The van der Waals surface area contributed by atoms with Crippen molar-refractivity contribution < 1.29 is 0 Å². The van der Waals surface area contributed by atoms with E-state index in [0.717, 1.165) is 28.8 Å². The Morgan fingerprint density at radius 1 is 0.893 bits per heavy atom. The minimum Gasteiger partial charge on any atom is -0.331 e. The molecule has 0 aliphatic carbocycles. The van der Waals surface area contributed by atoms with Crippen molar-refractivity contribution in [2.24, 2.45) is 4.99 Å². The maximum absolute atomic E-state index is 5.52. The van der Waals surface area contributed by atoms with Crippen LogP contribution in [0.2, 0.25) is 0 Å². The predicted octanol–water partition coefficient (Wildman–Crippen LogP) is 6.20. The molecule has 0 spiro atoms. The molecule has 0 amide bonds. The van der Waals surface area contributed by atoms with Crippen molar-refractivity contribution in [2.45, 2.75) is 12.7 Å². The predicted molar refractivity (Wildman–Crippen MR) is 127 cm³/mol. The Morgan fingerprint density at radius 2 is 1.46 bits per heavy atom. The van der Waals surface area contributed by atoms with Gasteiger partial charge in [0.15, 0.2) is 10.3 Å². The van der Waals surface area contributed by atoms with Crippen molar-refractivity contribution in [1.82, 2.24) is 0 Å². The molecule has 142 valence electrons. The molecule has 0 fully saturated rings. The summed E-state index contributed by atoms with van der Waals surface area (Å²) in [6, 6.07) is 30.6. The topological polar surface area (TPSA) is 27.6 Å². The first-order chi connectivity index (χ1) is 13.8. The van der Waals surface area contributed by atoms with Gasteiger partial charge in [-0.05, 0) is 49.0 Å². The molecule has 3 aromatic carbocycles. The van der Waals surface area contributed by atoms with Gasteiger partial charge < -0.3 is 10.2 Å². The molecule has 3 rings (SSSR count). The number of nitrogens with one attached hydrogen (secondary N) is 1. The van der Waals surface area contributed by atoms with Gasteiger partial charge >= 0.3 is 0 Å². The standard InChI is InChI=1S/C23H23N3S2/c1-2-26(21-16-10-5-11-17-21)23(28-18-19-12-6-3-7-13-19)25-22(27)24-20-14-8-4-9-15-20/h3-17H,2,18H2,1H3,(H,24,27)/b25-23-. The molecule has 3 aromatic rings. The van der Waals surface area contributed by atoms with E-state index in [1.165, 1.54) is 5.56 Å². The lowest BCUT2D eigenvalue weighted by Crippen LogP contribution is -2.30. The van der Waals surface area contributed by atoms with Crippen LogP contribution in [0.3, 0.4) is 0 Å². The number of rotatable bonds is 5. The second-order valence-electron chi connectivity index (χ2n) is 6.04. The fourth-order valence-corrected chi connectivity index (χ4v) is 3.99. The molecule has 0 bridgehead atoms. The van der Waals surface area contributed by atoms with Crippen LogP contribution in [-0.4, -0.2) is 16.8 Å². The summed E-state index contributed by atoms with van der Waals surface area (Å²) in [5, 5.41) is 4.54. The van der Waals surface area contributed by atoms with E-state index in [1.807, 2.05) is 54.6 Å². The molecule has 0 saturated carbocycles. The number of hydrogen-bond acceptors (Lipinski definition) is 2. The van der Waals surface area contributed by atoms with Gasteiger partial charge in [0.2, 0.25) is 0 Å². The lowest BCUT2D eigenvalue weighted by atomic mass is 10.2. The third-order valence-electron chi connectivity index (χ3n) is 4.05. The van der Waals surface area contributed by atoms with Crippen molar-refractivity contribution >= 4 is 45.6 Å². The van der Waals surface area contributed by atoms with Crippen LogP contribution in [0.1, 0.15) is 12.5 Å². The molecular weight excluding hydrogens is 382 g/mol. The summed E-state index contributed by atoms with van der Waals surface area (Å²) < 4.78 is 0. The van der Waals surface area contributed by atoms with E-state index in [-0.39, 0.29) is 0 Å². The molecule has 0 atom stereocenters. The van der Waals surface area contributed by atoms with Crippen molar-refractivity contribution in [3.05, 3.63) is 96.6 Å². The first-order valence-electron chi connectivity index (χ1n) is 9.20. The van der Waals surface area contributed by atoms with E-state index >= 15 is 0 Å². The van der Waals surface area contributed by atoms with E-state index in [0.29, 0.717) is 5.11 Å². The van der Waals surface area contributed by atoms with Gasteiger partial charge in [0, 0.05) is 23.7 Å². The Kier molecular flexibility index (Phi) is 7.64. The molecular formula is C23H23N3S2. The average molecular weight is 406 g/mol. The number of anilines is 2. The highest BCUT2D eigenvalue weighted by Gasteiger charge is 2.14. The van der Waals surface area contributed by atoms with Crippen LogP contribution < -0.4 is 10.2 Å². The SMILES string of the molecule is CCN(/C(=N/C(=S)Nc1ccccc1)SCc1ccccc1)c1ccccc1. The zero-order valence-corrected chi connectivity index (χ0v) is 17.4. The van der Waals surface area contributed by atoms with E-state index in [1.54, 1.807) is 11.8 Å².